The summed E-state index contributed by atoms with van der Waals surface area (Å²) < 4.78 is 1.94. The minimum Gasteiger partial charge on any atom is -0.409 e. The van der Waals surface area contributed by atoms with Crippen molar-refractivity contribution in [1.29, 1.82) is 0 Å². The van der Waals surface area contributed by atoms with Crippen molar-refractivity contribution < 1.29 is 5.21 Å². The van der Waals surface area contributed by atoms with E-state index in [1.807, 2.05) is 29.9 Å². The molecule has 0 spiro atoms. The number of hydrogen-bond acceptors (Lipinski definition) is 4. The summed E-state index contributed by atoms with van der Waals surface area (Å²) in [6.45, 7) is 2.89. The zero-order valence-electron chi connectivity index (χ0n) is 10.5. The van der Waals surface area contributed by atoms with E-state index in [9.17, 15) is 0 Å². The Bertz CT molecular complexity index is 575. The fraction of sp³-hybridized carbons (Fsp3) is 0.333. The molecule has 4 N–H and O–H groups in total. The number of hydrogen-bond donors (Lipinski definition) is 3. The lowest BCUT2D eigenvalue weighted by Crippen LogP contribution is -2.27. The van der Waals surface area contributed by atoms with Crippen molar-refractivity contribution in [3.05, 3.63) is 30.0 Å². The van der Waals surface area contributed by atoms with Crippen LogP contribution in [0.5, 0.6) is 0 Å². The SMILES string of the molecule is CNC(C)Cn1ncc2cc(/C(N)=N/O)ccc21. The molecule has 0 saturated carbocycles. The molecule has 0 bridgehead atoms. The predicted octanol–water partition coefficient (Wildman–Crippen LogP) is 0.739. The lowest BCUT2D eigenvalue weighted by molar-refractivity contribution is 0.318. The molecule has 6 heteroatoms. The first-order valence-corrected chi connectivity index (χ1v) is 5.76. The van der Waals surface area contributed by atoms with Gasteiger partial charge >= 0.3 is 0 Å². The molecule has 2 rings (SSSR count). The van der Waals surface area contributed by atoms with E-state index in [2.05, 4.69) is 22.5 Å². The van der Waals surface area contributed by atoms with Crippen molar-refractivity contribution in [3.63, 3.8) is 0 Å². The standard InChI is InChI=1S/C12H17N5O/c1-8(14-2)7-17-11-4-3-9(12(13)16-18)5-10(11)6-15-17/h3-6,8,14,18H,7H2,1-2H3,(H2,13,16). The van der Waals surface area contributed by atoms with E-state index in [4.69, 9.17) is 10.9 Å². The van der Waals surface area contributed by atoms with Gasteiger partial charge in [0.15, 0.2) is 5.84 Å². The van der Waals surface area contributed by atoms with Crippen LogP contribution in [0.3, 0.4) is 0 Å². The highest BCUT2D eigenvalue weighted by Crippen LogP contribution is 2.16. The van der Waals surface area contributed by atoms with Crippen LogP contribution in [0.1, 0.15) is 12.5 Å². The number of nitrogens with two attached hydrogens (primary N) is 1. The maximum atomic E-state index is 8.65. The molecule has 96 valence electrons. The summed E-state index contributed by atoms with van der Waals surface area (Å²) in [6.07, 6.45) is 1.78. The molecule has 0 saturated heterocycles. The second kappa shape index (κ2) is 5.05. The first-order chi connectivity index (χ1) is 8.65. The zero-order chi connectivity index (χ0) is 13.1. The highest BCUT2D eigenvalue weighted by Gasteiger charge is 2.07. The first-order valence-electron chi connectivity index (χ1n) is 5.76. The maximum absolute atomic E-state index is 8.65. The third-order valence-corrected chi connectivity index (χ3v) is 2.98. The summed E-state index contributed by atoms with van der Waals surface area (Å²) in [4.78, 5) is 0. The van der Waals surface area contributed by atoms with Gasteiger partial charge in [0.1, 0.15) is 0 Å². The number of amidine groups is 1. The Morgan fingerprint density at radius 2 is 2.39 bits per heavy atom. The van der Waals surface area contributed by atoms with Crippen LogP contribution in [-0.2, 0) is 6.54 Å². The van der Waals surface area contributed by atoms with Gasteiger partial charge in [-0.15, -0.1) is 0 Å². The number of nitrogens with one attached hydrogen (secondary N) is 1. The van der Waals surface area contributed by atoms with E-state index in [1.165, 1.54) is 0 Å². The van der Waals surface area contributed by atoms with Crippen molar-refractivity contribution in [3.8, 4) is 0 Å². The molecule has 1 aromatic heterocycles. The van der Waals surface area contributed by atoms with Crippen molar-refractivity contribution in [2.75, 3.05) is 7.05 Å². The van der Waals surface area contributed by atoms with Gasteiger partial charge < -0.3 is 16.3 Å². The average molecular weight is 247 g/mol. The van der Waals surface area contributed by atoms with Gasteiger partial charge in [-0.2, -0.15) is 5.10 Å². The van der Waals surface area contributed by atoms with Gasteiger partial charge in [0.2, 0.25) is 0 Å². The average Bonchev–Trinajstić information content (AvgIpc) is 2.80. The smallest absolute Gasteiger partial charge is 0.170 e. The first kappa shape index (κ1) is 12.4. The highest BCUT2D eigenvalue weighted by atomic mass is 16.4. The Morgan fingerprint density at radius 1 is 1.61 bits per heavy atom. The van der Waals surface area contributed by atoms with Gasteiger partial charge in [-0.3, -0.25) is 4.68 Å². The van der Waals surface area contributed by atoms with Crippen LogP contribution in [0.2, 0.25) is 0 Å². The van der Waals surface area contributed by atoms with E-state index in [0.717, 1.165) is 17.4 Å². The molecule has 0 aliphatic carbocycles. The van der Waals surface area contributed by atoms with Crippen LogP contribution in [0, 0.1) is 0 Å². The van der Waals surface area contributed by atoms with E-state index in [-0.39, 0.29) is 5.84 Å². The molecule has 0 amide bonds. The number of oxime groups is 1. The summed E-state index contributed by atoms with van der Waals surface area (Å²) in [6, 6.07) is 5.95. The highest BCUT2D eigenvalue weighted by molar-refractivity contribution is 6.00. The minimum atomic E-state index is 0.105. The fourth-order valence-corrected chi connectivity index (χ4v) is 1.80. The van der Waals surface area contributed by atoms with Crippen molar-refractivity contribution in [2.24, 2.45) is 10.9 Å². The van der Waals surface area contributed by atoms with Crippen LogP contribution in [0.25, 0.3) is 10.9 Å². The molecule has 1 atom stereocenters. The van der Waals surface area contributed by atoms with Gasteiger partial charge in [-0.1, -0.05) is 5.16 Å². The quantitative estimate of drug-likeness (QED) is 0.322. The third-order valence-electron chi connectivity index (χ3n) is 2.98. The van der Waals surface area contributed by atoms with Gasteiger partial charge in [0, 0.05) is 17.0 Å². The van der Waals surface area contributed by atoms with Crippen molar-refractivity contribution in [1.82, 2.24) is 15.1 Å². The van der Waals surface area contributed by atoms with Gasteiger partial charge in [0.05, 0.1) is 18.3 Å². The lowest BCUT2D eigenvalue weighted by Gasteiger charge is -2.10. The Hall–Kier alpha value is -2.08. The molecule has 2 aromatic rings. The number of aromatic nitrogens is 2. The fourth-order valence-electron chi connectivity index (χ4n) is 1.80. The summed E-state index contributed by atoms with van der Waals surface area (Å²) in [5.41, 5.74) is 7.28. The molecular formula is C12H17N5O. The van der Waals surface area contributed by atoms with Gasteiger partial charge in [0.25, 0.3) is 0 Å². The molecule has 1 unspecified atom stereocenters. The molecular weight excluding hydrogens is 230 g/mol. The lowest BCUT2D eigenvalue weighted by atomic mass is 10.1. The van der Waals surface area contributed by atoms with Crippen LogP contribution in [0.4, 0.5) is 0 Å². The normalized spacial score (nSPS) is 14.0. The Labute approximate surface area is 105 Å². The van der Waals surface area contributed by atoms with Crippen molar-refractivity contribution in [2.45, 2.75) is 19.5 Å². The molecule has 1 heterocycles. The Balaban J connectivity index is 2.37. The topological polar surface area (TPSA) is 88.5 Å². The third kappa shape index (κ3) is 2.28. The van der Waals surface area contributed by atoms with Gasteiger partial charge in [-0.05, 0) is 32.2 Å². The molecule has 0 radical (unpaired) electrons. The van der Waals surface area contributed by atoms with E-state index in [1.54, 1.807) is 6.20 Å². The second-order valence-corrected chi connectivity index (χ2v) is 4.28. The summed E-state index contributed by atoms with van der Waals surface area (Å²) in [5, 5.41) is 20.1. The minimum absolute atomic E-state index is 0.105. The summed E-state index contributed by atoms with van der Waals surface area (Å²) in [7, 11) is 1.92. The van der Waals surface area contributed by atoms with Gasteiger partial charge in [-0.25, -0.2) is 0 Å². The summed E-state index contributed by atoms with van der Waals surface area (Å²) >= 11 is 0. The number of rotatable bonds is 4. The number of fused-ring (bicyclic) bond motifs is 1. The van der Waals surface area contributed by atoms with E-state index >= 15 is 0 Å². The molecule has 0 aliphatic heterocycles. The molecule has 18 heavy (non-hydrogen) atoms. The molecule has 6 nitrogen and oxygen atoms in total. The van der Waals surface area contributed by atoms with E-state index in [0.29, 0.717) is 11.6 Å². The maximum Gasteiger partial charge on any atom is 0.170 e. The largest absolute Gasteiger partial charge is 0.409 e. The van der Waals surface area contributed by atoms with E-state index < -0.39 is 0 Å². The van der Waals surface area contributed by atoms with Crippen LogP contribution in [0.15, 0.2) is 29.6 Å². The van der Waals surface area contributed by atoms with Crippen LogP contribution < -0.4 is 11.1 Å². The molecule has 0 aliphatic rings. The zero-order valence-corrected chi connectivity index (χ0v) is 10.5. The second-order valence-electron chi connectivity index (χ2n) is 4.28. The Morgan fingerprint density at radius 3 is 3.06 bits per heavy atom. The predicted molar refractivity (Wildman–Crippen MR) is 70.8 cm³/mol. The molecule has 1 aromatic carbocycles. The summed E-state index contributed by atoms with van der Waals surface area (Å²) in [5.74, 6) is 0.105. The monoisotopic (exact) mass is 247 g/mol. The van der Waals surface area contributed by atoms with Crippen LogP contribution in [-0.4, -0.2) is 33.9 Å². The van der Waals surface area contributed by atoms with Crippen molar-refractivity contribution >= 4 is 16.7 Å². The number of benzene rings is 1. The number of nitrogens with zero attached hydrogens (tertiary/aromatic N) is 3. The number of likely N-dealkylation sites (N-methyl/N-ethyl adjacent to an activating group) is 1. The molecule has 0 fully saturated rings. The Kier molecular flexibility index (Phi) is 3.47. The van der Waals surface area contributed by atoms with Crippen LogP contribution >= 0.6 is 0 Å².